The number of fused-ring (bicyclic) bond motifs is 1. The second-order valence-corrected chi connectivity index (χ2v) is 3.72. The number of aromatic nitrogens is 3. The highest BCUT2D eigenvalue weighted by molar-refractivity contribution is 5.43. The molecule has 86 valence electrons. The molecule has 0 saturated carbocycles. The lowest BCUT2D eigenvalue weighted by Crippen LogP contribution is -2.05. The van der Waals surface area contributed by atoms with Gasteiger partial charge in [-0.15, -0.1) is 5.10 Å². The minimum atomic E-state index is 0.668. The molecule has 0 atom stereocenters. The Morgan fingerprint density at radius 1 is 1.44 bits per heavy atom. The van der Waals surface area contributed by atoms with Gasteiger partial charge in [0, 0.05) is 26.5 Å². The van der Waals surface area contributed by atoms with E-state index in [2.05, 4.69) is 15.4 Å². The van der Waals surface area contributed by atoms with Gasteiger partial charge in [0.25, 0.3) is 0 Å². The van der Waals surface area contributed by atoms with Crippen LogP contribution in [-0.2, 0) is 4.74 Å². The predicted molar refractivity (Wildman–Crippen MR) is 62.7 cm³/mol. The number of nitrogens with zero attached hydrogens (tertiary/aromatic N) is 3. The molecule has 0 aliphatic heterocycles. The lowest BCUT2D eigenvalue weighted by molar-refractivity contribution is 0.197. The van der Waals surface area contributed by atoms with Crippen molar-refractivity contribution in [2.24, 2.45) is 0 Å². The van der Waals surface area contributed by atoms with Crippen LogP contribution in [0.25, 0.3) is 5.65 Å². The molecule has 5 nitrogen and oxygen atoms in total. The van der Waals surface area contributed by atoms with Gasteiger partial charge >= 0.3 is 0 Å². The molecule has 0 fully saturated rings. The van der Waals surface area contributed by atoms with Crippen molar-refractivity contribution in [2.75, 3.05) is 25.6 Å². The summed E-state index contributed by atoms with van der Waals surface area (Å²) in [6, 6.07) is 3.99. The minimum absolute atomic E-state index is 0.668. The van der Waals surface area contributed by atoms with Gasteiger partial charge in [0.05, 0.1) is 0 Å². The molecule has 2 rings (SSSR count). The van der Waals surface area contributed by atoms with Crippen LogP contribution in [0.15, 0.2) is 18.3 Å². The summed E-state index contributed by atoms with van der Waals surface area (Å²) in [6.07, 6.45) is 2.91. The van der Waals surface area contributed by atoms with E-state index in [-0.39, 0.29) is 0 Å². The fourth-order valence-electron chi connectivity index (χ4n) is 1.48. The predicted octanol–water partition coefficient (Wildman–Crippen LogP) is 1.49. The van der Waals surface area contributed by atoms with Crippen LogP contribution < -0.4 is 5.32 Å². The van der Waals surface area contributed by atoms with Crippen molar-refractivity contribution >= 4 is 11.6 Å². The molecule has 2 heterocycles. The van der Waals surface area contributed by atoms with Crippen molar-refractivity contribution in [1.82, 2.24) is 14.6 Å². The largest absolute Gasteiger partial charge is 0.385 e. The average Bonchev–Trinajstić information content (AvgIpc) is 2.66. The van der Waals surface area contributed by atoms with Crippen LogP contribution in [0.2, 0.25) is 0 Å². The van der Waals surface area contributed by atoms with Gasteiger partial charge in [-0.1, -0.05) is 6.07 Å². The van der Waals surface area contributed by atoms with Gasteiger partial charge in [-0.05, 0) is 25.0 Å². The summed E-state index contributed by atoms with van der Waals surface area (Å²) in [6.45, 7) is 3.61. The molecule has 0 amide bonds. The summed E-state index contributed by atoms with van der Waals surface area (Å²) in [5.74, 6) is 0.668. The van der Waals surface area contributed by atoms with Gasteiger partial charge in [0.1, 0.15) is 0 Å². The summed E-state index contributed by atoms with van der Waals surface area (Å²) in [7, 11) is 1.70. The molecule has 16 heavy (non-hydrogen) atoms. The third-order valence-electron chi connectivity index (χ3n) is 2.29. The van der Waals surface area contributed by atoms with E-state index in [4.69, 9.17) is 4.74 Å². The highest BCUT2D eigenvalue weighted by atomic mass is 16.5. The van der Waals surface area contributed by atoms with Gasteiger partial charge in [0.2, 0.25) is 5.95 Å². The molecule has 1 N–H and O–H groups in total. The summed E-state index contributed by atoms with van der Waals surface area (Å²) in [5.41, 5.74) is 2.03. The molecule has 0 aliphatic rings. The summed E-state index contributed by atoms with van der Waals surface area (Å²) in [4.78, 5) is 4.35. The molecule has 0 radical (unpaired) electrons. The average molecular weight is 220 g/mol. The number of rotatable bonds is 5. The second kappa shape index (κ2) is 4.94. The maximum atomic E-state index is 4.97. The Morgan fingerprint density at radius 2 is 2.31 bits per heavy atom. The van der Waals surface area contributed by atoms with Gasteiger partial charge in [0.15, 0.2) is 5.65 Å². The van der Waals surface area contributed by atoms with Gasteiger partial charge < -0.3 is 10.1 Å². The fraction of sp³-hybridized carbons (Fsp3) is 0.455. The Morgan fingerprint density at radius 3 is 3.12 bits per heavy atom. The molecule has 2 aromatic heterocycles. The lowest BCUT2D eigenvalue weighted by Gasteiger charge is -1.99. The smallest absolute Gasteiger partial charge is 0.243 e. The second-order valence-electron chi connectivity index (χ2n) is 3.72. The van der Waals surface area contributed by atoms with Gasteiger partial charge in [-0.25, -0.2) is 4.52 Å². The van der Waals surface area contributed by atoms with E-state index in [1.54, 1.807) is 11.6 Å². The number of aryl methyl sites for hydroxylation is 1. The van der Waals surface area contributed by atoms with Crippen molar-refractivity contribution in [3.8, 4) is 0 Å². The monoisotopic (exact) mass is 220 g/mol. The Bertz CT molecular complexity index is 466. The van der Waals surface area contributed by atoms with E-state index in [1.807, 2.05) is 25.3 Å². The first-order valence-corrected chi connectivity index (χ1v) is 5.35. The number of methoxy groups -OCH3 is 1. The van der Waals surface area contributed by atoms with Gasteiger partial charge in [-0.2, -0.15) is 4.98 Å². The van der Waals surface area contributed by atoms with Crippen molar-refractivity contribution in [3.63, 3.8) is 0 Å². The third kappa shape index (κ3) is 2.49. The molecule has 2 aromatic rings. The maximum absolute atomic E-state index is 4.97. The number of hydrogen-bond acceptors (Lipinski definition) is 4. The first-order valence-electron chi connectivity index (χ1n) is 5.35. The first kappa shape index (κ1) is 10.9. The van der Waals surface area contributed by atoms with Crippen LogP contribution >= 0.6 is 0 Å². The number of anilines is 1. The first-order chi connectivity index (χ1) is 7.79. The third-order valence-corrected chi connectivity index (χ3v) is 2.29. The number of nitrogens with one attached hydrogen (secondary N) is 1. The normalized spacial score (nSPS) is 10.9. The Labute approximate surface area is 94.4 Å². The van der Waals surface area contributed by atoms with Crippen LogP contribution in [0.5, 0.6) is 0 Å². The zero-order valence-electron chi connectivity index (χ0n) is 9.60. The summed E-state index contributed by atoms with van der Waals surface area (Å²) in [5, 5.41) is 7.49. The Kier molecular flexibility index (Phi) is 3.36. The molecule has 0 saturated heterocycles. The van der Waals surface area contributed by atoms with Crippen molar-refractivity contribution in [1.29, 1.82) is 0 Å². The molecule has 0 aliphatic carbocycles. The quantitative estimate of drug-likeness (QED) is 0.775. The molecule has 0 aromatic carbocycles. The summed E-state index contributed by atoms with van der Waals surface area (Å²) >= 11 is 0. The van der Waals surface area contributed by atoms with Crippen molar-refractivity contribution < 1.29 is 4.74 Å². The highest BCUT2D eigenvalue weighted by Crippen LogP contribution is 2.06. The van der Waals surface area contributed by atoms with Crippen molar-refractivity contribution in [3.05, 3.63) is 23.9 Å². The minimum Gasteiger partial charge on any atom is -0.385 e. The van der Waals surface area contributed by atoms with Crippen molar-refractivity contribution in [2.45, 2.75) is 13.3 Å². The number of pyridine rings is 1. The van der Waals surface area contributed by atoms with Crippen LogP contribution in [0, 0.1) is 6.92 Å². The lowest BCUT2D eigenvalue weighted by atomic mass is 10.3. The topological polar surface area (TPSA) is 51.5 Å². The van der Waals surface area contributed by atoms with E-state index in [0.717, 1.165) is 25.2 Å². The zero-order chi connectivity index (χ0) is 11.4. The highest BCUT2D eigenvalue weighted by Gasteiger charge is 2.01. The molecule has 0 unspecified atom stereocenters. The SMILES string of the molecule is COCCCNc1nc2ccc(C)cn2n1. The van der Waals surface area contributed by atoms with Crippen LogP contribution in [0.3, 0.4) is 0 Å². The molecule has 5 heteroatoms. The fourth-order valence-corrected chi connectivity index (χ4v) is 1.48. The zero-order valence-corrected chi connectivity index (χ0v) is 9.60. The maximum Gasteiger partial charge on any atom is 0.243 e. The van der Waals surface area contributed by atoms with E-state index in [0.29, 0.717) is 5.95 Å². The van der Waals surface area contributed by atoms with E-state index < -0.39 is 0 Å². The van der Waals surface area contributed by atoms with E-state index in [1.165, 1.54) is 5.56 Å². The number of hydrogen-bond donors (Lipinski definition) is 1. The van der Waals surface area contributed by atoms with E-state index in [9.17, 15) is 0 Å². The molecule has 0 spiro atoms. The molecule has 0 bridgehead atoms. The summed E-state index contributed by atoms with van der Waals surface area (Å²) < 4.78 is 6.75. The number of ether oxygens (including phenoxy) is 1. The molecular formula is C11H16N4O. The van der Waals surface area contributed by atoms with Crippen LogP contribution in [0.4, 0.5) is 5.95 Å². The van der Waals surface area contributed by atoms with E-state index >= 15 is 0 Å². The Balaban J connectivity index is 2.02. The Hall–Kier alpha value is -1.62. The van der Waals surface area contributed by atoms with Crippen LogP contribution in [0.1, 0.15) is 12.0 Å². The van der Waals surface area contributed by atoms with Crippen LogP contribution in [-0.4, -0.2) is 34.9 Å². The standard InChI is InChI=1S/C11H16N4O/c1-9-4-5-10-13-11(14-15(10)8-9)12-6-3-7-16-2/h4-5,8H,3,6-7H2,1-2H3,(H,12,14). The van der Waals surface area contributed by atoms with Gasteiger partial charge in [-0.3, -0.25) is 0 Å². The molecular weight excluding hydrogens is 204 g/mol.